The van der Waals surface area contributed by atoms with Crippen LogP contribution >= 0.6 is 15.9 Å². The van der Waals surface area contributed by atoms with E-state index in [1.165, 1.54) is 0 Å². The summed E-state index contributed by atoms with van der Waals surface area (Å²) >= 11 is 3.25. The lowest BCUT2D eigenvalue weighted by atomic mass is 10.0. The number of hydrogen-bond donors (Lipinski definition) is 1. The maximum atomic E-state index is 12.3. The minimum atomic E-state index is -4.15. The molecule has 1 atom stereocenters. The average Bonchev–Trinajstić information content (AvgIpc) is 2.15. The second-order valence-electron chi connectivity index (χ2n) is 3.79. The van der Waals surface area contributed by atoms with Crippen molar-refractivity contribution in [2.75, 3.05) is 6.54 Å². The Balaban J connectivity index is 2.66. The van der Waals surface area contributed by atoms with Crippen molar-refractivity contribution in [2.24, 2.45) is 0 Å². The number of hydrogen-bond acceptors (Lipinski definition) is 2. The van der Waals surface area contributed by atoms with Crippen LogP contribution in [0.4, 0.5) is 13.2 Å². The molecule has 1 heterocycles. The van der Waals surface area contributed by atoms with Gasteiger partial charge >= 0.3 is 6.18 Å². The molecule has 6 heteroatoms. The number of halogens is 4. The van der Waals surface area contributed by atoms with E-state index in [4.69, 9.17) is 0 Å². The van der Waals surface area contributed by atoms with Gasteiger partial charge in [-0.2, -0.15) is 13.2 Å². The lowest BCUT2D eigenvalue weighted by Crippen LogP contribution is -2.35. The quantitative estimate of drug-likeness (QED) is 0.902. The first-order chi connectivity index (χ1) is 7.90. The van der Waals surface area contributed by atoms with Crippen LogP contribution in [0, 0.1) is 0 Å². The standard InChI is InChI=1S/C11H14BrF3N2/c1-2-17-10(5-11(13,14)15)4-8-3-9(12)7-16-6-8/h3,6-7,10,17H,2,4-5H2,1H3. The molecule has 17 heavy (non-hydrogen) atoms. The normalized spacial score (nSPS) is 13.7. The molecule has 0 aliphatic heterocycles. The van der Waals surface area contributed by atoms with Crippen LogP contribution in [0.5, 0.6) is 0 Å². The van der Waals surface area contributed by atoms with Crippen molar-refractivity contribution in [3.05, 3.63) is 28.5 Å². The molecule has 1 N–H and O–H groups in total. The average molecular weight is 311 g/mol. The van der Waals surface area contributed by atoms with Crippen LogP contribution < -0.4 is 5.32 Å². The third kappa shape index (κ3) is 6.02. The molecule has 0 fully saturated rings. The van der Waals surface area contributed by atoms with E-state index in [9.17, 15) is 13.2 Å². The second-order valence-corrected chi connectivity index (χ2v) is 4.71. The van der Waals surface area contributed by atoms with E-state index in [2.05, 4.69) is 26.2 Å². The summed E-state index contributed by atoms with van der Waals surface area (Å²) in [6.45, 7) is 2.31. The van der Waals surface area contributed by atoms with E-state index in [0.717, 1.165) is 10.0 Å². The number of alkyl halides is 3. The predicted octanol–water partition coefficient (Wildman–Crippen LogP) is 3.32. The fourth-order valence-corrected chi connectivity index (χ4v) is 2.05. The summed E-state index contributed by atoms with van der Waals surface area (Å²) in [5.74, 6) is 0. The maximum Gasteiger partial charge on any atom is 0.390 e. The Labute approximate surface area is 107 Å². The Bertz CT molecular complexity index is 355. The molecule has 2 nitrogen and oxygen atoms in total. The van der Waals surface area contributed by atoms with Gasteiger partial charge in [0.1, 0.15) is 0 Å². The van der Waals surface area contributed by atoms with Gasteiger partial charge in [0.05, 0.1) is 6.42 Å². The van der Waals surface area contributed by atoms with Crippen LogP contribution in [0.2, 0.25) is 0 Å². The zero-order valence-electron chi connectivity index (χ0n) is 9.39. The number of pyridine rings is 1. The van der Waals surface area contributed by atoms with Crippen molar-refractivity contribution in [3.8, 4) is 0 Å². The summed E-state index contributed by atoms with van der Waals surface area (Å²) in [6.07, 6.45) is -1.46. The summed E-state index contributed by atoms with van der Waals surface area (Å²) < 4.78 is 37.8. The number of nitrogens with zero attached hydrogens (tertiary/aromatic N) is 1. The summed E-state index contributed by atoms with van der Waals surface area (Å²) in [4.78, 5) is 3.94. The van der Waals surface area contributed by atoms with E-state index >= 15 is 0 Å². The molecule has 0 aromatic carbocycles. The van der Waals surface area contributed by atoms with Gasteiger partial charge in [-0.1, -0.05) is 6.92 Å². The maximum absolute atomic E-state index is 12.3. The molecule has 0 aliphatic carbocycles. The summed E-state index contributed by atoms with van der Waals surface area (Å²) in [5, 5.41) is 2.84. The molecule has 0 spiro atoms. The molecular formula is C11H14BrF3N2. The van der Waals surface area contributed by atoms with Crippen LogP contribution in [0.1, 0.15) is 18.9 Å². The van der Waals surface area contributed by atoms with Gasteiger partial charge < -0.3 is 5.32 Å². The number of nitrogens with one attached hydrogen (secondary N) is 1. The SMILES string of the molecule is CCNC(Cc1cncc(Br)c1)CC(F)(F)F. The van der Waals surface area contributed by atoms with Gasteiger partial charge in [0.2, 0.25) is 0 Å². The highest BCUT2D eigenvalue weighted by molar-refractivity contribution is 9.10. The lowest BCUT2D eigenvalue weighted by Gasteiger charge is -2.19. The first-order valence-corrected chi connectivity index (χ1v) is 6.09. The number of aromatic nitrogens is 1. The minimum absolute atomic E-state index is 0.319. The van der Waals surface area contributed by atoms with Crippen molar-refractivity contribution in [1.29, 1.82) is 0 Å². The highest BCUT2D eigenvalue weighted by Crippen LogP contribution is 2.23. The van der Waals surface area contributed by atoms with Gasteiger partial charge in [-0.3, -0.25) is 4.98 Å². The fraction of sp³-hybridized carbons (Fsp3) is 0.545. The van der Waals surface area contributed by atoms with Gasteiger partial charge in [0.25, 0.3) is 0 Å². The van der Waals surface area contributed by atoms with Gasteiger partial charge in [0, 0.05) is 22.9 Å². The van der Waals surface area contributed by atoms with Crippen molar-refractivity contribution >= 4 is 15.9 Å². The highest BCUT2D eigenvalue weighted by Gasteiger charge is 2.31. The molecule has 0 bridgehead atoms. The molecule has 0 aliphatic rings. The molecule has 1 aromatic rings. The molecule has 0 saturated heterocycles. The van der Waals surface area contributed by atoms with Crippen molar-refractivity contribution in [1.82, 2.24) is 10.3 Å². The lowest BCUT2D eigenvalue weighted by molar-refractivity contribution is -0.139. The van der Waals surface area contributed by atoms with Gasteiger partial charge in [0.15, 0.2) is 0 Å². The Morgan fingerprint density at radius 3 is 2.65 bits per heavy atom. The van der Waals surface area contributed by atoms with Crippen LogP contribution in [-0.4, -0.2) is 23.7 Å². The van der Waals surface area contributed by atoms with Crippen molar-refractivity contribution in [2.45, 2.75) is 32.0 Å². The Morgan fingerprint density at radius 2 is 2.12 bits per heavy atom. The first-order valence-electron chi connectivity index (χ1n) is 5.30. The molecule has 1 rings (SSSR count). The highest BCUT2D eigenvalue weighted by atomic mass is 79.9. The third-order valence-electron chi connectivity index (χ3n) is 2.21. The van der Waals surface area contributed by atoms with E-state index in [1.54, 1.807) is 25.4 Å². The number of likely N-dealkylation sites (N-methyl/N-ethyl adjacent to an activating group) is 1. The zero-order valence-corrected chi connectivity index (χ0v) is 11.0. The molecule has 0 amide bonds. The van der Waals surface area contributed by atoms with Crippen LogP contribution in [0.25, 0.3) is 0 Å². The minimum Gasteiger partial charge on any atom is -0.314 e. The Morgan fingerprint density at radius 1 is 1.41 bits per heavy atom. The predicted molar refractivity (Wildman–Crippen MR) is 63.8 cm³/mol. The topological polar surface area (TPSA) is 24.9 Å². The largest absolute Gasteiger partial charge is 0.390 e. The molecule has 96 valence electrons. The monoisotopic (exact) mass is 310 g/mol. The van der Waals surface area contributed by atoms with Crippen molar-refractivity contribution < 1.29 is 13.2 Å². The Hall–Kier alpha value is -0.620. The molecule has 0 radical (unpaired) electrons. The molecule has 1 aromatic heterocycles. The van der Waals surface area contributed by atoms with Gasteiger partial charge in [-0.25, -0.2) is 0 Å². The summed E-state index contributed by atoms with van der Waals surface area (Å²) in [7, 11) is 0. The van der Waals surface area contributed by atoms with Gasteiger partial charge in [-0.05, 0) is 40.5 Å². The van der Waals surface area contributed by atoms with Crippen LogP contribution in [0.3, 0.4) is 0 Å². The second kappa shape index (κ2) is 6.35. The van der Waals surface area contributed by atoms with E-state index < -0.39 is 18.6 Å². The van der Waals surface area contributed by atoms with E-state index in [0.29, 0.717) is 13.0 Å². The van der Waals surface area contributed by atoms with Crippen LogP contribution in [0.15, 0.2) is 22.9 Å². The summed E-state index contributed by atoms with van der Waals surface area (Å²) in [6, 6.07) is 1.18. The third-order valence-corrected chi connectivity index (χ3v) is 2.65. The fourth-order valence-electron chi connectivity index (χ4n) is 1.64. The van der Waals surface area contributed by atoms with E-state index in [1.807, 2.05) is 0 Å². The molecule has 0 saturated carbocycles. The van der Waals surface area contributed by atoms with Crippen LogP contribution in [-0.2, 0) is 6.42 Å². The first kappa shape index (κ1) is 14.4. The molecule has 1 unspecified atom stereocenters. The zero-order chi connectivity index (χ0) is 12.9. The van der Waals surface area contributed by atoms with Crippen molar-refractivity contribution in [3.63, 3.8) is 0 Å². The number of rotatable bonds is 5. The molecular weight excluding hydrogens is 297 g/mol. The smallest absolute Gasteiger partial charge is 0.314 e. The van der Waals surface area contributed by atoms with E-state index in [-0.39, 0.29) is 0 Å². The Kier molecular flexibility index (Phi) is 5.39. The summed E-state index contributed by atoms with van der Waals surface area (Å²) in [5.41, 5.74) is 0.787. The van der Waals surface area contributed by atoms with Gasteiger partial charge in [-0.15, -0.1) is 0 Å².